The van der Waals surface area contributed by atoms with Crippen molar-refractivity contribution in [2.75, 3.05) is 32.6 Å². The van der Waals surface area contributed by atoms with Gasteiger partial charge in [-0.25, -0.2) is 14.4 Å². The van der Waals surface area contributed by atoms with Crippen LogP contribution in [0.3, 0.4) is 0 Å². The number of Topliss-reactive ketones (excluding diaryl/α,β-unsaturated/α-hetero) is 1. The van der Waals surface area contributed by atoms with Gasteiger partial charge in [-0.3, -0.25) is 4.79 Å². The second kappa shape index (κ2) is 21.2. The summed E-state index contributed by atoms with van der Waals surface area (Å²) in [6.45, 7) is 16.4. The van der Waals surface area contributed by atoms with Gasteiger partial charge in [-0.05, 0) is 70.3 Å². The third-order valence-corrected chi connectivity index (χ3v) is 8.32. The molecule has 0 aliphatic carbocycles. The molecule has 0 saturated carbocycles. The number of unbranched alkanes of at least 4 members (excludes halogenated alkanes) is 4. The van der Waals surface area contributed by atoms with Crippen molar-refractivity contribution in [2.45, 2.75) is 79.6 Å². The van der Waals surface area contributed by atoms with Crippen molar-refractivity contribution in [1.29, 1.82) is 0 Å². The lowest BCUT2D eigenvalue weighted by molar-refractivity contribution is -0.125. The average Bonchev–Trinajstić information content (AvgIpc) is 3.05. The van der Waals surface area contributed by atoms with Crippen molar-refractivity contribution in [3.05, 3.63) is 71.4 Å². The van der Waals surface area contributed by atoms with Crippen LogP contribution in [-0.4, -0.2) is 54.2 Å². The van der Waals surface area contributed by atoms with Crippen molar-refractivity contribution >= 4 is 51.8 Å². The van der Waals surface area contributed by atoms with Crippen molar-refractivity contribution in [3.63, 3.8) is 0 Å². The first-order valence-corrected chi connectivity index (χ1v) is 17.1. The quantitative estimate of drug-likeness (QED) is 0.121. The van der Waals surface area contributed by atoms with Crippen LogP contribution in [0, 0.1) is 17.7 Å². The molecule has 1 saturated heterocycles. The topological polar surface area (TPSA) is 96.5 Å². The summed E-state index contributed by atoms with van der Waals surface area (Å²) in [4.78, 5) is 31.9. The minimum absolute atomic E-state index is 0.0263. The number of nitrogens with one attached hydrogen (secondary N) is 2. The fourth-order valence-electron chi connectivity index (χ4n) is 4.70. The molecule has 8 nitrogen and oxygen atoms in total. The zero-order valence-corrected chi connectivity index (χ0v) is 30.4. The minimum Gasteiger partial charge on any atom is -0.496 e. The number of carbonyl (C=O) groups excluding carboxylic acids is 2. The average molecular weight is 682 g/mol. The summed E-state index contributed by atoms with van der Waals surface area (Å²) in [5, 5.41) is 7.42. The maximum Gasteiger partial charge on any atom is 0.141 e. The number of anilines is 2. The van der Waals surface area contributed by atoms with Crippen LogP contribution in [-0.2, 0) is 9.59 Å². The first-order valence-electron chi connectivity index (χ1n) is 16.7. The lowest BCUT2D eigenvalue weighted by atomic mass is 9.97. The third kappa shape index (κ3) is 13.4. The highest BCUT2D eigenvalue weighted by Crippen LogP contribution is 2.34. The molecule has 2 heterocycles. The van der Waals surface area contributed by atoms with Gasteiger partial charge in [0.1, 0.15) is 35.8 Å². The number of hydrogen-bond acceptors (Lipinski definition) is 8. The second-order valence-electron chi connectivity index (χ2n) is 12.4. The number of carbonyl (C=O) groups is 2. The molecule has 0 atom stereocenters. The van der Waals surface area contributed by atoms with E-state index in [2.05, 4.69) is 52.9 Å². The number of halogens is 2. The fraction of sp³-hybridized carbons (Fsp3) is 0.474. The van der Waals surface area contributed by atoms with Gasteiger partial charge in [0.2, 0.25) is 0 Å². The van der Waals surface area contributed by atoms with E-state index in [1.807, 2.05) is 32.2 Å². The number of hydrogen-bond donors (Lipinski definition) is 2. The van der Waals surface area contributed by atoms with Gasteiger partial charge < -0.3 is 25.1 Å². The molecule has 10 heteroatoms. The normalized spacial score (nSPS) is 13.1. The highest BCUT2D eigenvalue weighted by molar-refractivity contribution is 6.31. The Labute approximate surface area is 291 Å². The first-order chi connectivity index (χ1) is 22.9. The van der Waals surface area contributed by atoms with E-state index < -0.39 is 5.82 Å². The molecule has 1 aliphatic rings. The smallest absolute Gasteiger partial charge is 0.141 e. The summed E-state index contributed by atoms with van der Waals surface area (Å²) in [6.07, 6.45) is 11.2. The molecule has 262 valence electrons. The summed E-state index contributed by atoms with van der Waals surface area (Å²) < 4.78 is 19.2. The Balaban J connectivity index is 0.000000513. The van der Waals surface area contributed by atoms with Crippen LogP contribution in [0.1, 0.15) is 85.1 Å². The Morgan fingerprint density at radius 1 is 1.17 bits per heavy atom. The molecule has 0 radical (unpaired) electrons. The number of benzene rings is 2. The van der Waals surface area contributed by atoms with E-state index >= 15 is 0 Å². The third-order valence-electron chi connectivity index (χ3n) is 8.04. The van der Waals surface area contributed by atoms with Gasteiger partial charge >= 0.3 is 0 Å². The Bertz CT molecular complexity index is 1520. The summed E-state index contributed by atoms with van der Waals surface area (Å²) >= 11 is 5.94. The molecule has 1 aromatic heterocycles. The SMILES string of the molecule is C=C(CCCCCCC=O)N/C(=C\C)c1cc2c(Nc3ccc(F)c(Cl)c3)ncnc2cc1OC.CC(=O)C1CN(C)C1.CCC(C)C. The second-order valence-corrected chi connectivity index (χ2v) is 12.8. The predicted octanol–water partition coefficient (Wildman–Crippen LogP) is 9.37. The van der Waals surface area contributed by atoms with Crippen LogP contribution in [0.5, 0.6) is 5.75 Å². The van der Waals surface area contributed by atoms with E-state index in [1.54, 1.807) is 20.1 Å². The highest BCUT2D eigenvalue weighted by atomic mass is 35.5. The maximum absolute atomic E-state index is 13.6. The standard InChI is InChI=1S/C27H30ClFN4O2.C6H11NO.C5H12/c1-4-24(32-18(2)10-8-6-5-7-9-13-34)20-15-21-25(16-26(20)35-3)30-17-31-27(21)33-19-11-12-23(29)22(28)14-19;1-5(8)6-3-7(2)4-6;1-4-5(2)3/h4,11-17,32H,2,5-10H2,1,3H3,(H,30,31,33);6H,3-4H2,1-2H3;5H,4H2,1-3H3/b24-4-;;. The molecular weight excluding hydrogens is 629 g/mol. The van der Waals surface area contributed by atoms with Crippen molar-refractivity contribution < 1.29 is 18.7 Å². The van der Waals surface area contributed by atoms with Crippen LogP contribution in [0.15, 0.2) is 55.0 Å². The molecule has 3 aromatic rings. The number of ether oxygens (including phenoxy) is 1. The lowest BCUT2D eigenvalue weighted by Crippen LogP contribution is -2.46. The number of aldehydes is 1. The molecule has 2 N–H and O–H groups in total. The number of fused-ring (bicyclic) bond motifs is 1. The van der Waals surface area contributed by atoms with Crippen LogP contribution in [0.4, 0.5) is 15.9 Å². The number of likely N-dealkylation sites (tertiary alicyclic amines) is 1. The van der Waals surface area contributed by atoms with Gasteiger partial charge in [-0.1, -0.05) is 64.3 Å². The molecule has 0 spiro atoms. The van der Waals surface area contributed by atoms with Crippen LogP contribution < -0.4 is 15.4 Å². The van der Waals surface area contributed by atoms with E-state index in [1.165, 1.54) is 24.9 Å². The summed E-state index contributed by atoms with van der Waals surface area (Å²) in [5.41, 5.74) is 3.90. The molecule has 0 bridgehead atoms. The molecule has 2 aromatic carbocycles. The molecule has 0 amide bonds. The Hall–Kier alpha value is -3.82. The zero-order valence-electron chi connectivity index (χ0n) is 29.7. The van der Waals surface area contributed by atoms with Crippen molar-refractivity contribution in [2.24, 2.45) is 11.8 Å². The predicted molar refractivity (Wildman–Crippen MR) is 197 cm³/mol. The van der Waals surface area contributed by atoms with Crippen molar-refractivity contribution in [3.8, 4) is 5.75 Å². The molecule has 1 fully saturated rings. The maximum atomic E-state index is 13.6. The number of ketones is 1. The summed E-state index contributed by atoms with van der Waals surface area (Å²) in [6, 6.07) is 8.23. The highest BCUT2D eigenvalue weighted by Gasteiger charge is 2.26. The fourth-order valence-corrected chi connectivity index (χ4v) is 4.88. The van der Waals surface area contributed by atoms with Gasteiger partial charge in [0.25, 0.3) is 0 Å². The van der Waals surface area contributed by atoms with Gasteiger partial charge in [-0.15, -0.1) is 0 Å². The minimum atomic E-state index is -0.484. The molecular formula is C38H53ClFN5O3. The number of aromatic nitrogens is 2. The number of allylic oxidation sites excluding steroid dienone is 2. The molecule has 48 heavy (non-hydrogen) atoms. The Morgan fingerprint density at radius 3 is 2.40 bits per heavy atom. The first kappa shape index (κ1) is 40.4. The Morgan fingerprint density at radius 2 is 1.85 bits per heavy atom. The number of nitrogens with zero attached hydrogens (tertiary/aromatic N) is 3. The van der Waals surface area contributed by atoms with E-state index in [9.17, 15) is 14.0 Å². The summed E-state index contributed by atoms with van der Waals surface area (Å²) in [7, 11) is 3.65. The summed E-state index contributed by atoms with van der Waals surface area (Å²) in [5.74, 6) is 2.31. The number of rotatable bonds is 15. The lowest BCUT2D eigenvalue weighted by Gasteiger charge is -2.34. The van der Waals surface area contributed by atoms with Gasteiger partial charge in [0, 0.05) is 59.5 Å². The van der Waals surface area contributed by atoms with E-state index in [0.29, 0.717) is 40.9 Å². The van der Waals surface area contributed by atoms with Crippen LogP contribution in [0.25, 0.3) is 16.6 Å². The van der Waals surface area contributed by atoms with Gasteiger partial charge in [-0.2, -0.15) is 0 Å². The van der Waals surface area contributed by atoms with E-state index in [0.717, 1.165) is 79.7 Å². The molecule has 1 aliphatic heterocycles. The molecule has 0 unspecified atom stereocenters. The van der Waals surface area contributed by atoms with E-state index in [-0.39, 0.29) is 5.02 Å². The van der Waals surface area contributed by atoms with Crippen LogP contribution >= 0.6 is 11.6 Å². The number of methoxy groups -OCH3 is 1. The zero-order chi connectivity index (χ0) is 35.6. The largest absolute Gasteiger partial charge is 0.496 e. The van der Waals surface area contributed by atoms with Gasteiger partial charge in [0.05, 0.1) is 17.6 Å². The van der Waals surface area contributed by atoms with E-state index in [4.69, 9.17) is 16.3 Å². The van der Waals surface area contributed by atoms with Crippen LogP contribution in [0.2, 0.25) is 5.02 Å². The van der Waals surface area contributed by atoms with Crippen molar-refractivity contribution in [1.82, 2.24) is 20.2 Å². The van der Waals surface area contributed by atoms with Gasteiger partial charge in [0.15, 0.2) is 0 Å². The monoisotopic (exact) mass is 681 g/mol. The molecule has 4 rings (SSSR count). The Kier molecular flexibility index (Phi) is 17.8.